The Kier molecular flexibility index (Phi) is 57.5. The first-order chi connectivity index (χ1) is 35.6. The highest BCUT2D eigenvalue weighted by Gasteiger charge is 2.16. The van der Waals surface area contributed by atoms with Gasteiger partial charge in [-0.25, -0.2) is 0 Å². The van der Waals surface area contributed by atoms with Crippen molar-refractivity contribution in [3.63, 3.8) is 0 Å². The van der Waals surface area contributed by atoms with Gasteiger partial charge in [0.15, 0.2) is 6.10 Å². The van der Waals surface area contributed by atoms with Crippen LogP contribution in [0.5, 0.6) is 0 Å². The van der Waals surface area contributed by atoms with Crippen LogP contribution in [0.25, 0.3) is 0 Å². The molecule has 0 aromatic carbocycles. The van der Waals surface area contributed by atoms with E-state index in [1.807, 2.05) is 0 Å². The van der Waals surface area contributed by atoms with Crippen LogP contribution in [0.2, 0.25) is 0 Å². The van der Waals surface area contributed by atoms with E-state index in [0.29, 0.717) is 12.8 Å². The molecule has 406 valence electrons. The zero-order valence-electron chi connectivity index (χ0n) is 46.4. The molecule has 0 bridgehead atoms. The molecule has 0 aromatic rings. The molecule has 0 fully saturated rings. The minimum absolute atomic E-state index is 0.0894. The Hall–Kier alpha value is -4.22. The lowest BCUT2D eigenvalue weighted by Gasteiger charge is -2.15. The van der Waals surface area contributed by atoms with Crippen LogP contribution >= 0.6 is 0 Å². The zero-order chi connectivity index (χ0) is 52.0. The van der Waals surface area contributed by atoms with E-state index < -0.39 is 6.10 Å². The van der Waals surface area contributed by atoms with Crippen LogP contribution in [0.3, 0.4) is 0 Å². The standard InChI is InChI=1S/C67H108O5/c1-3-5-7-9-11-13-15-17-19-21-23-24-25-26-27-28-29-30-31-32-33-34-35-36-37-38-39-40-41-42-44-46-48-50-52-54-56-58-60-62-67(70)72-65(63-68)64-71-66(69)61-59-57-55-53-51-49-47-45-43-22-20-18-16-14-12-10-8-6-4-2/h5,7,11,13,17,19,23-24,26-27,29-30,32-33,35-36,38-39,41-42,46,48,52,54,65,68H,3-4,6,8-10,12,14-16,18,20-22,25,28,31,34,37,40,43-45,47,49-51,53,55-64H2,1-2H3/b7-5-,13-11-,19-17-,24-23-,27-26-,30-29-,33-32-,36-35-,39-38-,42-41-,48-46-,54-52-. The fraction of sp³-hybridized carbons (Fsp3) is 0.612. The Morgan fingerprint density at radius 2 is 0.597 bits per heavy atom. The summed E-state index contributed by atoms with van der Waals surface area (Å²) in [5, 5.41) is 9.64. The molecule has 0 aliphatic heterocycles. The van der Waals surface area contributed by atoms with Crippen molar-refractivity contribution in [2.75, 3.05) is 13.2 Å². The Labute approximate surface area is 444 Å². The van der Waals surface area contributed by atoms with Crippen LogP contribution < -0.4 is 0 Å². The minimum atomic E-state index is -0.804. The number of allylic oxidation sites excluding steroid dienone is 24. The molecule has 1 unspecified atom stereocenters. The topological polar surface area (TPSA) is 72.8 Å². The fourth-order valence-corrected chi connectivity index (χ4v) is 7.77. The van der Waals surface area contributed by atoms with Crippen molar-refractivity contribution < 1.29 is 24.2 Å². The summed E-state index contributed by atoms with van der Waals surface area (Å²) in [5.74, 6) is -0.644. The number of esters is 2. The fourth-order valence-electron chi connectivity index (χ4n) is 7.77. The lowest BCUT2D eigenvalue weighted by Crippen LogP contribution is -2.28. The smallest absolute Gasteiger partial charge is 0.306 e. The number of hydrogen-bond donors (Lipinski definition) is 1. The maximum atomic E-state index is 12.3. The molecule has 0 aliphatic carbocycles. The third-order valence-electron chi connectivity index (χ3n) is 12.1. The maximum absolute atomic E-state index is 12.3. The number of rotatable bonds is 52. The summed E-state index contributed by atoms with van der Waals surface area (Å²) in [6, 6.07) is 0. The summed E-state index contributed by atoms with van der Waals surface area (Å²) < 4.78 is 10.7. The second-order valence-electron chi connectivity index (χ2n) is 19.0. The molecule has 5 nitrogen and oxygen atoms in total. The molecule has 1 N–H and O–H groups in total. The lowest BCUT2D eigenvalue weighted by molar-refractivity contribution is -0.161. The Bertz CT molecular complexity index is 1540. The summed E-state index contributed by atoms with van der Waals surface area (Å²) in [6.45, 7) is 4.00. The summed E-state index contributed by atoms with van der Waals surface area (Å²) in [5.41, 5.74) is 0. The summed E-state index contributed by atoms with van der Waals surface area (Å²) in [6.07, 6.45) is 92.5. The lowest BCUT2D eigenvalue weighted by atomic mass is 10.0. The molecule has 72 heavy (non-hydrogen) atoms. The number of carbonyl (C=O) groups is 2. The van der Waals surface area contributed by atoms with E-state index in [4.69, 9.17) is 9.47 Å². The first-order valence-corrected chi connectivity index (χ1v) is 29.4. The molecule has 0 rings (SSSR count). The first kappa shape index (κ1) is 67.8. The third kappa shape index (κ3) is 58.4. The second kappa shape index (κ2) is 61.1. The molecular weight excluding hydrogens is 885 g/mol. The minimum Gasteiger partial charge on any atom is -0.462 e. The predicted molar refractivity (Wildman–Crippen MR) is 315 cm³/mol. The molecule has 1 atom stereocenters. The van der Waals surface area contributed by atoms with Gasteiger partial charge in [-0.2, -0.15) is 0 Å². The van der Waals surface area contributed by atoms with E-state index in [2.05, 4.69) is 160 Å². The van der Waals surface area contributed by atoms with Crippen LogP contribution in [0.15, 0.2) is 146 Å². The molecular formula is C67H108O5. The number of unbranched alkanes of at least 4 members (excludes halogenated alkanes) is 20. The molecule has 0 radical (unpaired) electrons. The number of carbonyl (C=O) groups excluding carboxylic acids is 2. The summed E-state index contributed by atoms with van der Waals surface area (Å²) in [7, 11) is 0. The molecule has 0 aromatic heterocycles. The third-order valence-corrected chi connectivity index (χ3v) is 12.1. The molecule has 0 saturated carbocycles. The maximum Gasteiger partial charge on any atom is 0.306 e. The van der Waals surface area contributed by atoms with Gasteiger partial charge in [-0.3, -0.25) is 9.59 Å². The number of ether oxygens (including phenoxy) is 2. The van der Waals surface area contributed by atoms with E-state index in [1.54, 1.807) is 0 Å². The van der Waals surface area contributed by atoms with E-state index in [9.17, 15) is 14.7 Å². The average Bonchev–Trinajstić information content (AvgIpc) is 3.38. The van der Waals surface area contributed by atoms with Crippen molar-refractivity contribution in [1.82, 2.24) is 0 Å². The zero-order valence-corrected chi connectivity index (χ0v) is 46.4. The largest absolute Gasteiger partial charge is 0.462 e. The van der Waals surface area contributed by atoms with E-state index >= 15 is 0 Å². The van der Waals surface area contributed by atoms with E-state index in [0.717, 1.165) is 116 Å². The summed E-state index contributed by atoms with van der Waals surface area (Å²) >= 11 is 0. The number of hydrogen-bond acceptors (Lipinski definition) is 5. The molecule has 0 saturated heterocycles. The van der Waals surface area contributed by atoms with Gasteiger partial charge in [-0.15, -0.1) is 0 Å². The van der Waals surface area contributed by atoms with Gasteiger partial charge >= 0.3 is 11.9 Å². The van der Waals surface area contributed by atoms with Crippen LogP contribution in [-0.2, 0) is 19.1 Å². The molecule has 5 heteroatoms. The van der Waals surface area contributed by atoms with Gasteiger partial charge in [0.25, 0.3) is 0 Å². The van der Waals surface area contributed by atoms with Crippen LogP contribution in [-0.4, -0.2) is 36.4 Å². The van der Waals surface area contributed by atoms with Crippen molar-refractivity contribution in [2.45, 2.75) is 251 Å². The van der Waals surface area contributed by atoms with E-state index in [1.165, 1.54) is 103 Å². The first-order valence-electron chi connectivity index (χ1n) is 29.4. The van der Waals surface area contributed by atoms with Crippen molar-refractivity contribution in [3.8, 4) is 0 Å². The predicted octanol–water partition coefficient (Wildman–Crippen LogP) is 20.2. The van der Waals surface area contributed by atoms with Crippen LogP contribution in [0, 0.1) is 0 Å². The second-order valence-corrected chi connectivity index (χ2v) is 19.0. The van der Waals surface area contributed by atoms with Crippen molar-refractivity contribution in [3.05, 3.63) is 146 Å². The number of aliphatic hydroxyl groups excluding tert-OH is 1. The van der Waals surface area contributed by atoms with Gasteiger partial charge in [-0.1, -0.05) is 275 Å². The van der Waals surface area contributed by atoms with E-state index in [-0.39, 0.29) is 25.2 Å². The molecule has 0 amide bonds. The van der Waals surface area contributed by atoms with Crippen molar-refractivity contribution in [1.29, 1.82) is 0 Å². The molecule has 0 heterocycles. The van der Waals surface area contributed by atoms with Crippen LogP contribution in [0.1, 0.15) is 245 Å². The quantitative estimate of drug-likeness (QED) is 0.0373. The Morgan fingerprint density at radius 3 is 0.903 bits per heavy atom. The van der Waals surface area contributed by atoms with Crippen molar-refractivity contribution in [2.24, 2.45) is 0 Å². The molecule has 0 spiro atoms. The number of aliphatic hydroxyl groups is 1. The van der Waals surface area contributed by atoms with Gasteiger partial charge in [-0.05, 0) is 103 Å². The Morgan fingerprint density at radius 1 is 0.333 bits per heavy atom. The highest BCUT2D eigenvalue weighted by atomic mass is 16.6. The van der Waals surface area contributed by atoms with Gasteiger partial charge < -0.3 is 14.6 Å². The highest BCUT2D eigenvalue weighted by Crippen LogP contribution is 2.15. The van der Waals surface area contributed by atoms with Crippen molar-refractivity contribution >= 4 is 11.9 Å². The van der Waals surface area contributed by atoms with Gasteiger partial charge in [0, 0.05) is 12.8 Å². The highest BCUT2D eigenvalue weighted by molar-refractivity contribution is 5.70. The summed E-state index contributed by atoms with van der Waals surface area (Å²) in [4.78, 5) is 24.5. The SMILES string of the molecule is CC/C=C\C/C=C\C/C=C\C/C=C\C/C=C\C/C=C\C/C=C\C/C=C\C/C=C\C/C=C\C/C=C\C/C=C\CCCCC(=O)OC(CO)COC(=O)CCCCCCCCCCCCCCCCCCCCC. The monoisotopic (exact) mass is 993 g/mol. The van der Waals surface area contributed by atoms with Crippen LogP contribution in [0.4, 0.5) is 0 Å². The van der Waals surface area contributed by atoms with Gasteiger partial charge in [0.2, 0.25) is 0 Å². The van der Waals surface area contributed by atoms with Gasteiger partial charge in [0.1, 0.15) is 6.61 Å². The Balaban J connectivity index is 3.68. The molecule has 0 aliphatic rings. The van der Waals surface area contributed by atoms with Gasteiger partial charge in [0.05, 0.1) is 6.61 Å². The average molecular weight is 994 g/mol. The normalized spacial score (nSPS) is 13.3.